The van der Waals surface area contributed by atoms with E-state index in [4.69, 9.17) is 21.6 Å². The minimum Gasteiger partial charge on any atom is -0.381 e. The van der Waals surface area contributed by atoms with Crippen LogP contribution in [0.5, 0.6) is 0 Å². The lowest BCUT2D eigenvalue weighted by atomic mass is 9.89. The molecule has 0 N–H and O–H groups in total. The fourth-order valence-corrected chi connectivity index (χ4v) is 3.09. The van der Waals surface area contributed by atoms with Crippen molar-refractivity contribution in [1.82, 2.24) is 9.55 Å². The molecule has 1 aromatic carbocycles. The number of aromatic nitrogens is 2. The van der Waals surface area contributed by atoms with Crippen molar-refractivity contribution < 1.29 is 9.53 Å². The number of nitriles is 1. The van der Waals surface area contributed by atoms with Gasteiger partial charge in [-0.25, -0.2) is 4.98 Å². The standard InChI is InChI=1S/C17H16ClN3O2/c1-2-23-9-11-5-15-17(16(22)6-11)21(10-20-15)13-4-3-12(8-19)14(18)7-13/h3-4,7,10-11H,2,5-6,9H2,1H3. The number of fused-ring (bicyclic) bond motifs is 1. The number of carbonyl (C=O) groups is 1. The van der Waals surface area contributed by atoms with E-state index in [0.29, 0.717) is 35.9 Å². The zero-order valence-electron chi connectivity index (χ0n) is 12.8. The number of rotatable bonds is 4. The number of imidazole rings is 1. The molecule has 1 unspecified atom stereocenters. The topological polar surface area (TPSA) is 67.9 Å². The Morgan fingerprint density at radius 3 is 3.00 bits per heavy atom. The molecule has 0 amide bonds. The van der Waals surface area contributed by atoms with Gasteiger partial charge in [0.05, 0.1) is 22.9 Å². The SMILES string of the molecule is CCOCC1CC(=O)c2c(ncn2-c2ccc(C#N)c(Cl)c2)C1. The van der Waals surface area contributed by atoms with Crippen molar-refractivity contribution in [3.63, 3.8) is 0 Å². The summed E-state index contributed by atoms with van der Waals surface area (Å²) in [7, 11) is 0. The number of ether oxygens (including phenoxy) is 1. The molecule has 0 fully saturated rings. The first-order valence-corrected chi connectivity index (χ1v) is 7.89. The van der Waals surface area contributed by atoms with E-state index in [1.807, 2.05) is 13.0 Å². The molecule has 0 radical (unpaired) electrons. The Labute approximate surface area is 139 Å². The number of nitrogens with zero attached hydrogens (tertiary/aromatic N) is 3. The lowest BCUT2D eigenvalue weighted by molar-refractivity contribution is 0.0805. The molecule has 0 bridgehead atoms. The molecule has 23 heavy (non-hydrogen) atoms. The van der Waals surface area contributed by atoms with Gasteiger partial charge in [-0.3, -0.25) is 9.36 Å². The van der Waals surface area contributed by atoms with Gasteiger partial charge in [0.25, 0.3) is 0 Å². The van der Waals surface area contributed by atoms with Crippen molar-refractivity contribution in [1.29, 1.82) is 5.26 Å². The van der Waals surface area contributed by atoms with E-state index in [9.17, 15) is 4.79 Å². The third-order valence-corrected chi connectivity index (χ3v) is 4.29. The Kier molecular flexibility index (Phi) is 4.46. The number of halogens is 1. The molecular weight excluding hydrogens is 314 g/mol. The normalized spacial score (nSPS) is 16.9. The molecule has 1 heterocycles. The van der Waals surface area contributed by atoms with E-state index >= 15 is 0 Å². The van der Waals surface area contributed by atoms with Crippen LogP contribution in [0.1, 0.15) is 35.1 Å². The smallest absolute Gasteiger partial charge is 0.181 e. The van der Waals surface area contributed by atoms with Crippen LogP contribution >= 0.6 is 11.6 Å². The van der Waals surface area contributed by atoms with E-state index in [0.717, 1.165) is 17.8 Å². The van der Waals surface area contributed by atoms with Gasteiger partial charge in [-0.1, -0.05) is 11.6 Å². The highest BCUT2D eigenvalue weighted by molar-refractivity contribution is 6.31. The fourth-order valence-electron chi connectivity index (χ4n) is 2.88. The summed E-state index contributed by atoms with van der Waals surface area (Å²) >= 11 is 6.09. The van der Waals surface area contributed by atoms with Gasteiger partial charge < -0.3 is 4.74 Å². The van der Waals surface area contributed by atoms with Gasteiger partial charge in [0, 0.05) is 18.7 Å². The van der Waals surface area contributed by atoms with Crippen LogP contribution in [0.25, 0.3) is 5.69 Å². The molecule has 1 atom stereocenters. The van der Waals surface area contributed by atoms with Gasteiger partial charge in [-0.05, 0) is 37.5 Å². The quantitative estimate of drug-likeness (QED) is 0.864. The van der Waals surface area contributed by atoms with Crippen LogP contribution in [0.2, 0.25) is 5.02 Å². The Morgan fingerprint density at radius 1 is 1.48 bits per heavy atom. The molecule has 3 rings (SSSR count). The maximum absolute atomic E-state index is 12.5. The molecular formula is C17H16ClN3O2. The number of Topliss-reactive ketones (excluding diaryl/α,β-unsaturated/α-hetero) is 1. The van der Waals surface area contributed by atoms with Crippen molar-refractivity contribution in [2.24, 2.45) is 5.92 Å². The second-order valence-electron chi connectivity index (χ2n) is 5.54. The summed E-state index contributed by atoms with van der Waals surface area (Å²) in [5, 5.41) is 9.32. The van der Waals surface area contributed by atoms with Gasteiger partial charge in [-0.2, -0.15) is 5.26 Å². The van der Waals surface area contributed by atoms with Crippen LogP contribution in [0.3, 0.4) is 0 Å². The Balaban J connectivity index is 1.93. The Hall–Kier alpha value is -2.16. The zero-order chi connectivity index (χ0) is 16.4. The molecule has 2 aromatic rings. The summed E-state index contributed by atoms with van der Waals surface area (Å²) in [5.74, 6) is 0.247. The first-order chi connectivity index (χ1) is 11.1. The highest BCUT2D eigenvalue weighted by Gasteiger charge is 2.29. The average molecular weight is 330 g/mol. The molecule has 5 nitrogen and oxygen atoms in total. The van der Waals surface area contributed by atoms with E-state index in [2.05, 4.69) is 4.98 Å². The largest absolute Gasteiger partial charge is 0.381 e. The first kappa shape index (κ1) is 15.7. The predicted octanol–water partition coefficient (Wildman–Crippen LogP) is 3.18. The van der Waals surface area contributed by atoms with Crippen LogP contribution < -0.4 is 0 Å². The number of hydrogen-bond donors (Lipinski definition) is 0. The van der Waals surface area contributed by atoms with E-state index in [-0.39, 0.29) is 11.7 Å². The molecule has 1 aliphatic carbocycles. The van der Waals surface area contributed by atoms with Crippen molar-refractivity contribution in [3.05, 3.63) is 46.5 Å². The van der Waals surface area contributed by atoms with E-state index in [1.165, 1.54) is 0 Å². The summed E-state index contributed by atoms with van der Waals surface area (Å²) in [6.07, 6.45) is 2.84. The van der Waals surface area contributed by atoms with Crippen molar-refractivity contribution in [2.75, 3.05) is 13.2 Å². The van der Waals surface area contributed by atoms with Crippen molar-refractivity contribution in [3.8, 4) is 11.8 Å². The number of benzene rings is 1. The molecule has 0 saturated carbocycles. The molecule has 1 aliphatic rings. The van der Waals surface area contributed by atoms with Gasteiger partial charge in [-0.15, -0.1) is 0 Å². The Bertz CT molecular complexity index is 792. The molecule has 0 saturated heterocycles. The maximum Gasteiger partial charge on any atom is 0.181 e. The summed E-state index contributed by atoms with van der Waals surface area (Å²) in [5.41, 5.74) is 2.55. The summed E-state index contributed by atoms with van der Waals surface area (Å²) in [6.45, 7) is 3.17. The van der Waals surface area contributed by atoms with Crippen LogP contribution in [-0.4, -0.2) is 28.5 Å². The predicted molar refractivity (Wildman–Crippen MR) is 85.9 cm³/mol. The second kappa shape index (κ2) is 6.53. The van der Waals surface area contributed by atoms with Gasteiger partial charge >= 0.3 is 0 Å². The van der Waals surface area contributed by atoms with Gasteiger partial charge in [0.1, 0.15) is 18.1 Å². The lowest BCUT2D eigenvalue weighted by Gasteiger charge is -2.21. The van der Waals surface area contributed by atoms with Crippen LogP contribution in [0.15, 0.2) is 24.5 Å². The van der Waals surface area contributed by atoms with E-state index in [1.54, 1.807) is 29.1 Å². The molecule has 0 spiro atoms. The zero-order valence-corrected chi connectivity index (χ0v) is 13.5. The number of ketones is 1. The van der Waals surface area contributed by atoms with Gasteiger partial charge in [0.2, 0.25) is 0 Å². The average Bonchev–Trinajstić information content (AvgIpc) is 2.97. The van der Waals surface area contributed by atoms with Gasteiger partial charge in [0.15, 0.2) is 5.78 Å². The molecule has 1 aromatic heterocycles. The minimum atomic E-state index is 0.0638. The van der Waals surface area contributed by atoms with Crippen LogP contribution in [-0.2, 0) is 11.2 Å². The third kappa shape index (κ3) is 3.00. The fraction of sp³-hybridized carbons (Fsp3) is 0.353. The van der Waals surface area contributed by atoms with E-state index < -0.39 is 0 Å². The minimum absolute atomic E-state index is 0.0638. The third-order valence-electron chi connectivity index (χ3n) is 3.97. The highest BCUT2D eigenvalue weighted by atomic mass is 35.5. The monoisotopic (exact) mass is 329 g/mol. The number of hydrogen-bond acceptors (Lipinski definition) is 4. The molecule has 118 valence electrons. The Morgan fingerprint density at radius 2 is 2.30 bits per heavy atom. The summed E-state index contributed by atoms with van der Waals surface area (Å²) < 4.78 is 7.19. The second-order valence-corrected chi connectivity index (χ2v) is 5.95. The summed E-state index contributed by atoms with van der Waals surface area (Å²) in [6, 6.07) is 7.13. The van der Waals surface area contributed by atoms with Crippen LogP contribution in [0, 0.1) is 17.2 Å². The van der Waals surface area contributed by atoms with Crippen molar-refractivity contribution >= 4 is 17.4 Å². The number of carbonyl (C=O) groups excluding carboxylic acids is 1. The van der Waals surface area contributed by atoms with Crippen LogP contribution in [0.4, 0.5) is 0 Å². The summed E-state index contributed by atoms with van der Waals surface area (Å²) in [4.78, 5) is 16.9. The molecule has 0 aliphatic heterocycles. The maximum atomic E-state index is 12.5. The lowest BCUT2D eigenvalue weighted by Crippen LogP contribution is -2.25. The highest BCUT2D eigenvalue weighted by Crippen LogP contribution is 2.28. The van der Waals surface area contributed by atoms with Crippen molar-refractivity contribution in [2.45, 2.75) is 19.8 Å². The first-order valence-electron chi connectivity index (χ1n) is 7.51. The molecule has 6 heteroatoms.